The van der Waals surface area contributed by atoms with E-state index in [1.807, 2.05) is 42.5 Å². The van der Waals surface area contributed by atoms with Crippen molar-refractivity contribution in [3.63, 3.8) is 0 Å². The van der Waals surface area contributed by atoms with Crippen molar-refractivity contribution in [1.82, 2.24) is 5.43 Å². The highest BCUT2D eigenvalue weighted by atomic mass is 16.6. The molecule has 2 N–H and O–H groups in total. The van der Waals surface area contributed by atoms with Crippen LogP contribution in [0.15, 0.2) is 65.8 Å². The molecule has 0 atom stereocenters. The zero-order valence-corrected chi connectivity index (χ0v) is 17.2. The van der Waals surface area contributed by atoms with Crippen molar-refractivity contribution in [1.29, 1.82) is 0 Å². The molecule has 0 saturated heterocycles. The second-order valence-electron chi connectivity index (χ2n) is 7.18. The molecule has 8 heteroatoms. The highest BCUT2D eigenvalue weighted by Crippen LogP contribution is 2.22. The molecule has 0 aromatic heterocycles. The summed E-state index contributed by atoms with van der Waals surface area (Å²) in [6.07, 6.45) is 0.105. The summed E-state index contributed by atoms with van der Waals surface area (Å²) in [7, 11) is 0. The molecule has 0 unspecified atom stereocenters. The summed E-state index contributed by atoms with van der Waals surface area (Å²) in [4.78, 5) is 35.0. The number of hydrogen-bond donors (Lipinski definition) is 2. The van der Waals surface area contributed by atoms with E-state index in [0.717, 1.165) is 16.3 Å². The van der Waals surface area contributed by atoms with Gasteiger partial charge in [0.1, 0.15) is 0 Å². The fourth-order valence-corrected chi connectivity index (χ4v) is 3.14. The second-order valence-corrected chi connectivity index (χ2v) is 7.18. The van der Waals surface area contributed by atoms with E-state index in [2.05, 4.69) is 15.8 Å². The molecule has 0 fully saturated rings. The van der Waals surface area contributed by atoms with Crippen LogP contribution in [0, 0.1) is 17.0 Å². The number of nitrogens with zero attached hydrogens (tertiary/aromatic N) is 2. The van der Waals surface area contributed by atoms with Gasteiger partial charge < -0.3 is 5.32 Å². The van der Waals surface area contributed by atoms with Crippen molar-refractivity contribution in [2.75, 3.05) is 5.32 Å². The van der Waals surface area contributed by atoms with Gasteiger partial charge in [-0.05, 0) is 35.7 Å². The number of hydrogen-bond acceptors (Lipinski definition) is 5. The second kappa shape index (κ2) is 9.62. The molecule has 3 aromatic carbocycles. The molecule has 0 bridgehead atoms. The third-order valence-corrected chi connectivity index (χ3v) is 4.72. The van der Waals surface area contributed by atoms with Crippen LogP contribution in [-0.4, -0.2) is 22.4 Å². The van der Waals surface area contributed by atoms with Gasteiger partial charge >= 0.3 is 0 Å². The molecule has 2 amide bonds. The molecule has 0 saturated carbocycles. The lowest BCUT2D eigenvalue weighted by molar-refractivity contribution is -0.384. The minimum atomic E-state index is -0.521. The Labute approximate surface area is 179 Å². The topological polar surface area (TPSA) is 114 Å². The maximum Gasteiger partial charge on any atom is 0.271 e. The van der Waals surface area contributed by atoms with E-state index >= 15 is 0 Å². The Balaban J connectivity index is 1.58. The fourth-order valence-electron chi connectivity index (χ4n) is 3.14. The molecule has 0 heterocycles. The number of nitro benzene ring substituents is 1. The Bertz CT molecular complexity index is 1180. The van der Waals surface area contributed by atoms with E-state index < -0.39 is 4.92 Å². The lowest BCUT2D eigenvalue weighted by Crippen LogP contribution is -2.23. The van der Waals surface area contributed by atoms with E-state index in [0.29, 0.717) is 17.0 Å². The molecular formula is C23H22N4O4. The number of fused-ring (bicyclic) bond motifs is 1. The number of hydrazone groups is 1. The average molecular weight is 418 g/mol. The van der Waals surface area contributed by atoms with Crippen LogP contribution in [0.25, 0.3) is 10.8 Å². The lowest BCUT2D eigenvalue weighted by atomic mass is 10.0. The lowest BCUT2D eigenvalue weighted by Gasteiger charge is -2.09. The first-order valence-electron chi connectivity index (χ1n) is 9.67. The van der Waals surface area contributed by atoms with Gasteiger partial charge in [-0.25, -0.2) is 5.43 Å². The summed E-state index contributed by atoms with van der Waals surface area (Å²) in [5.74, 6) is -0.668. The van der Waals surface area contributed by atoms with Gasteiger partial charge in [0.25, 0.3) is 5.69 Å². The molecule has 0 aliphatic rings. The molecule has 3 aromatic rings. The first kappa shape index (κ1) is 21.6. The number of anilines is 1. The minimum Gasteiger partial charge on any atom is -0.325 e. The van der Waals surface area contributed by atoms with Gasteiger partial charge in [0.15, 0.2) is 0 Å². The summed E-state index contributed by atoms with van der Waals surface area (Å²) < 4.78 is 0. The predicted octanol–water partition coefficient (Wildman–Crippen LogP) is 4.12. The quantitative estimate of drug-likeness (QED) is 0.341. The molecule has 8 nitrogen and oxygen atoms in total. The summed E-state index contributed by atoms with van der Waals surface area (Å²) in [5, 5.41) is 19.6. The van der Waals surface area contributed by atoms with Gasteiger partial charge in [-0.1, -0.05) is 48.5 Å². The SMILES string of the molecule is CC(CC(=O)Nc1cc([N+](=O)[O-])ccc1C)=NNC(=O)Cc1cccc2ccccc12. The van der Waals surface area contributed by atoms with E-state index in [4.69, 9.17) is 0 Å². The van der Waals surface area contributed by atoms with Crippen molar-refractivity contribution in [3.8, 4) is 0 Å². The molecule has 0 aliphatic carbocycles. The maximum absolute atomic E-state index is 12.3. The van der Waals surface area contributed by atoms with Crippen LogP contribution in [-0.2, 0) is 16.0 Å². The first-order chi connectivity index (χ1) is 14.8. The van der Waals surface area contributed by atoms with E-state index in [1.54, 1.807) is 19.9 Å². The van der Waals surface area contributed by atoms with Crippen molar-refractivity contribution >= 4 is 39.7 Å². The van der Waals surface area contributed by atoms with Crippen molar-refractivity contribution in [3.05, 3.63) is 81.9 Å². The highest BCUT2D eigenvalue weighted by molar-refractivity contribution is 6.06. The maximum atomic E-state index is 12.3. The number of nitrogens with one attached hydrogen (secondary N) is 2. The average Bonchev–Trinajstić information content (AvgIpc) is 2.74. The molecule has 31 heavy (non-hydrogen) atoms. The number of rotatable bonds is 7. The number of carbonyl (C=O) groups excluding carboxylic acids is 2. The Hall–Kier alpha value is -4.07. The van der Waals surface area contributed by atoms with Crippen LogP contribution in [0.5, 0.6) is 0 Å². The standard InChI is InChI=1S/C23H22N4O4/c1-15-10-11-19(27(30)31)14-21(15)24-22(28)12-16(2)25-26-23(29)13-18-8-5-7-17-6-3-4-9-20(17)18/h3-11,14H,12-13H2,1-2H3,(H,24,28)(H,26,29). The van der Waals surface area contributed by atoms with Crippen LogP contribution in [0.2, 0.25) is 0 Å². The summed E-state index contributed by atoms with van der Waals surface area (Å²) in [5.41, 5.74) is 4.75. The van der Waals surface area contributed by atoms with Crippen molar-refractivity contribution < 1.29 is 14.5 Å². The number of carbonyl (C=O) groups is 2. The summed E-state index contributed by atoms with van der Waals surface area (Å²) >= 11 is 0. The van der Waals surface area contributed by atoms with Gasteiger partial charge in [0.05, 0.1) is 23.5 Å². The highest BCUT2D eigenvalue weighted by Gasteiger charge is 2.12. The van der Waals surface area contributed by atoms with Gasteiger partial charge in [-0.15, -0.1) is 0 Å². The number of non-ortho nitro benzene ring substituents is 1. The normalized spacial score (nSPS) is 11.2. The Morgan fingerprint density at radius 1 is 1.03 bits per heavy atom. The van der Waals surface area contributed by atoms with Crippen LogP contribution >= 0.6 is 0 Å². The van der Waals surface area contributed by atoms with Crippen LogP contribution in [0.3, 0.4) is 0 Å². The zero-order chi connectivity index (χ0) is 22.4. The molecule has 3 rings (SSSR count). The largest absolute Gasteiger partial charge is 0.325 e. The van der Waals surface area contributed by atoms with Gasteiger partial charge in [-0.3, -0.25) is 19.7 Å². The zero-order valence-electron chi connectivity index (χ0n) is 17.2. The monoisotopic (exact) mass is 418 g/mol. The number of nitro groups is 1. The molecule has 158 valence electrons. The summed E-state index contributed by atoms with van der Waals surface area (Å²) in [6, 6.07) is 17.9. The third-order valence-electron chi connectivity index (χ3n) is 4.72. The Morgan fingerprint density at radius 3 is 2.55 bits per heavy atom. The number of amides is 2. The number of aryl methyl sites for hydroxylation is 1. The van der Waals surface area contributed by atoms with Gasteiger partial charge in [-0.2, -0.15) is 5.10 Å². The molecular weight excluding hydrogens is 396 g/mol. The van der Waals surface area contributed by atoms with Crippen molar-refractivity contribution in [2.45, 2.75) is 26.7 Å². The van der Waals surface area contributed by atoms with Crippen LogP contribution in [0.1, 0.15) is 24.5 Å². The van der Waals surface area contributed by atoms with E-state index in [9.17, 15) is 19.7 Å². The predicted molar refractivity (Wildman–Crippen MR) is 120 cm³/mol. The van der Waals surface area contributed by atoms with Gasteiger partial charge in [0, 0.05) is 17.8 Å². The van der Waals surface area contributed by atoms with Crippen LogP contribution in [0.4, 0.5) is 11.4 Å². The third kappa shape index (κ3) is 5.72. The minimum absolute atomic E-state index is 0.0588. The Morgan fingerprint density at radius 2 is 1.77 bits per heavy atom. The van der Waals surface area contributed by atoms with Crippen molar-refractivity contribution in [2.24, 2.45) is 5.10 Å². The number of benzene rings is 3. The molecule has 0 spiro atoms. The smallest absolute Gasteiger partial charge is 0.271 e. The summed E-state index contributed by atoms with van der Waals surface area (Å²) in [6.45, 7) is 3.37. The Kier molecular flexibility index (Phi) is 6.71. The molecule has 0 radical (unpaired) electrons. The fraction of sp³-hybridized carbons (Fsp3) is 0.174. The molecule has 0 aliphatic heterocycles. The van der Waals surface area contributed by atoms with E-state index in [1.165, 1.54) is 12.1 Å². The van der Waals surface area contributed by atoms with E-state index in [-0.39, 0.29) is 30.3 Å². The van der Waals surface area contributed by atoms with Gasteiger partial charge in [0.2, 0.25) is 11.8 Å². The first-order valence-corrected chi connectivity index (χ1v) is 9.67. The van der Waals surface area contributed by atoms with Crippen LogP contribution < -0.4 is 10.7 Å².